The van der Waals surface area contributed by atoms with Gasteiger partial charge in [-0.1, -0.05) is 11.6 Å². The summed E-state index contributed by atoms with van der Waals surface area (Å²) < 4.78 is 11.3. The van der Waals surface area contributed by atoms with E-state index >= 15 is 0 Å². The molecule has 24 heavy (non-hydrogen) atoms. The summed E-state index contributed by atoms with van der Waals surface area (Å²) in [6.07, 6.45) is 2.15. The summed E-state index contributed by atoms with van der Waals surface area (Å²) in [6, 6.07) is 10.9. The number of urea groups is 1. The Morgan fingerprint density at radius 1 is 1.29 bits per heavy atom. The molecule has 2 amide bonds. The van der Waals surface area contributed by atoms with Crippen LogP contribution in [-0.4, -0.2) is 24.8 Å². The fraction of sp³-hybridized carbons (Fsp3) is 0.389. The lowest BCUT2D eigenvalue weighted by Crippen LogP contribution is -2.45. The summed E-state index contributed by atoms with van der Waals surface area (Å²) in [5.74, 6) is 1.44. The Morgan fingerprint density at radius 3 is 2.79 bits per heavy atom. The number of halogens is 1. The lowest BCUT2D eigenvalue weighted by molar-refractivity contribution is 0.0860. The molecule has 1 aromatic carbocycles. The molecule has 1 aliphatic rings. The van der Waals surface area contributed by atoms with Crippen LogP contribution in [0, 0.1) is 0 Å². The van der Waals surface area contributed by atoms with Crippen LogP contribution >= 0.6 is 11.6 Å². The number of carbonyl (C=O) groups excluding carboxylic acids is 1. The van der Waals surface area contributed by atoms with E-state index in [2.05, 4.69) is 10.6 Å². The van der Waals surface area contributed by atoms with Gasteiger partial charge in [0.2, 0.25) is 0 Å². The highest BCUT2D eigenvalue weighted by atomic mass is 35.5. The number of furan rings is 1. The summed E-state index contributed by atoms with van der Waals surface area (Å²) in [7, 11) is 0. The first-order valence-corrected chi connectivity index (χ1v) is 8.50. The van der Waals surface area contributed by atoms with Crippen LogP contribution in [0.4, 0.5) is 4.79 Å². The van der Waals surface area contributed by atoms with Crippen molar-refractivity contribution < 1.29 is 13.9 Å². The molecule has 2 atom stereocenters. The number of benzene rings is 1. The average molecular weight is 349 g/mol. The summed E-state index contributed by atoms with van der Waals surface area (Å²) in [6.45, 7) is 3.07. The molecular weight excluding hydrogens is 328 g/mol. The maximum absolute atomic E-state index is 12.0. The molecular formula is C18H21ClN2O3. The topological polar surface area (TPSA) is 63.5 Å². The minimum atomic E-state index is -0.220. The predicted octanol–water partition coefficient (Wildman–Crippen LogP) is 3.97. The monoisotopic (exact) mass is 348 g/mol. The second kappa shape index (κ2) is 7.73. The molecule has 5 nitrogen and oxygen atoms in total. The second-order valence-electron chi connectivity index (χ2n) is 5.94. The Bertz CT molecular complexity index is 678. The van der Waals surface area contributed by atoms with E-state index < -0.39 is 0 Å². The SMILES string of the molecule is C[C@@H](NC(=O)NCc1ccc(-c2ccc(Cl)cc2)o1)[C@H]1CCCO1. The molecule has 3 rings (SSSR count). The Hall–Kier alpha value is -1.98. The Balaban J connectivity index is 1.49. The lowest BCUT2D eigenvalue weighted by Gasteiger charge is -2.20. The van der Waals surface area contributed by atoms with Crippen molar-refractivity contribution in [2.75, 3.05) is 6.61 Å². The van der Waals surface area contributed by atoms with Gasteiger partial charge >= 0.3 is 6.03 Å². The fourth-order valence-corrected chi connectivity index (χ4v) is 2.88. The van der Waals surface area contributed by atoms with E-state index in [4.69, 9.17) is 20.8 Å². The van der Waals surface area contributed by atoms with Crippen molar-refractivity contribution in [1.29, 1.82) is 0 Å². The Morgan fingerprint density at radius 2 is 2.08 bits per heavy atom. The fourth-order valence-electron chi connectivity index (χ4n) is 2.76. The largest absolute Gasteiger partial charge is 0.459 e. The number of carbonyl (C=O) groups is 1. The molecule has 2 aromatic rings. The van der Waals surface area contributed by atoms with Crippen LogP contribution in [-0.2, 0) is 11.3 Å². The van der Waals surface area contributed by atoms with Gasteiger partial charge in [0.1, 0.15) is 11.5 Å². The zero-order chi connectivity index (χ0) is 16.9. The molecule has 6 heteroatoms. The van der Waals surface area contributed by atoms with Crippen LogP contribution in [0.25, 0.3) is 11.3 Å². The third-order valence-corrected chi connectivity index (χ3v) is 4.35. The zero-order valence-corrected chi connectivity index (χ0v) is 14.3. The van der Waals surface area contributed by atoms with E-state index in [9.17, 15) is 4.79 Å². The van der Waals surface area contributed by atoms with Gasteiger partial charge in [0.05, 0.1) is 18.7 Å². The maximum Gasteiger partial charge on any atom is 0.315 e. The van der Waals surface area contributed by atoms with Crippen LogP contribution in [0.5, 0.6) is 0 Å². The van der Waals surface area contributed by atoms with Crippen LogP contribution in [0.15, 0.2) is 40.8 Å². The van der Waals surface area contributed by atoms with Crippen LogP contribution in [0.2, 0.25) is 5.02 Å². The van der Waals surface area contributed by atoms with Gasteiger partial charge < -0.3 is 19.8 Å². The number of ether oxygens (including phenoxy) is 1. The third kappa shape index (κ3) is 4.30. The van der Waals surface area contributed by atoms with E-state index in [1.165, 1.54) is 0 Å². The van der Waals surface area contributed by atoms with Gasteiger partial charge in [-0.3, -0.25) is 0 Å². The Kier molecular flexibility index (Phi) is 5.43. The van der Waals surface area contributed by atoms with E-state index in [1.807, 2.05) is 43.3 Å². The first-order chi connectivity index (χ1) is 11.6. The van der Waals surface area contributed by atoms with Crippen LogP contribution in [0.3, 0.4) is 0 Å². The van der Waals surface area contributed by atoms with E-state index in [-0.39, 0.29) is 18.2 Å². The van der Waals surface area contributed by atoms with E-state index in [0.717, 1.165) is 30.8 Å². The third-order valence-electron chi connectivity index (χ3n) is 4.09. The summed E-state index contributed by atoms with van der Waals surface area (Å²) in [5, 5.41) is 6.40. The predicted molar refractivity (Wildman–Crippen MR) is 93.0 cm³/mol. The quantitative estimate of drug-likeness (QED) is 0.859. The first kappa shape index (κ1) is 16.9. The van der Waals surface area contributed by atoms with Crippen LogP contribution in [0.1, 0.15) is 25.5 Å². The van der Waals surface area contributed by atoms with E-state index in [0.29, 0.717) is 17.3 Å². The van der Waals surface area contributed by atoms with Gasteiger partial charge in [-0.15, -0.1) is 0 Å². The lowest BCUT2D eigenvalue weighted by atomic mass is 10.1. The molecule has 1 fully saturated rings. The van der Waals surface area contributed by atoms with Crippen LogP contribution < -0.4 is 10.6 Å². The van der Waals surface area contributed by atoms with Gasteiger partial charge in [-0.25, -0.2) is 4.79 Å². The molecule has 0 saturated carbocycles. The van der Waals surface area contributed by atoms with Crippen molar-refractivity contribution in [1.82, 2.24) is 10.6 Å². The highest BCUT2D eigenvalue weighted by Gasteiger charge is 2.23. The normalized spacial score (nSPS) is 18.3. The summed E-state index contributed by atoms with van der Waals surface area (Å²) >= 11 is 5.88. The smallest absolute Gasteiger partial charge is 0.315 e. The zero-order valence-electron chi connectivity index (χ0n) is 13.5. The number of hydrogen-bond donors (Lipinski definition) is 2. The van der Waals surface area contributed by atoms with Crippen molar-refractivity contribution in [2.24, 2.45) is 0 Å². The number of hydrogen-bond acceptors (Lipinski definition) is 3. The summed E-state index contributed by atoms with van der Waals surface area (Å²) in [5.41, 5.74) is 0.946. The Labute approximate surface area is 146 Å². The van der Waals surface area contributed by atoms with Gasteiger partial charge in [0.15, 0.2) is 0 Å². The molecule has 2 N–H and O–H groups in total. The average Bonchev–Trinajstić information content (AvgIpc) is 3.25. The first-order valence-electron chi connectivity index (χ1n) is 8.12. The molecule has 0 spiro atoms. The van der Waals surface area contributed by atoms with Crippen molar-refractivity contribution in [3.05, 3.63) is 47.2 Å². The van der Waals surface area contributed by atoms with Crippen molar-refractivity contribution in [2.45, 2.75) is 38.5 Å². The van der Waals surface area contributed by atoms with Gasteiger partial charge in [-0.2, -0.15) is 0 Å². The molecule has 1 aromatic heterocycles. The number of nitrogens with one attached hydrogen (secondary N) is 2. The minimum absolute atomic E-state index is 0.00581. The summed E-state index contributed by atoms with van der Waals surface area (Å²) in [4.78, 5) is 12.0. The van der Waals surface area contributed by atoms with E-state index in [1.54, 1.807) is 0 Å². The molecule has 0 radical (unpaired) electrons. The van der Waals surface area contributed by atoms with Crippen molar-refractivity contribution in [3.63, 3.8) is 0 Å². The molecule has 2 heterocycles. The van der Waals surface area contributed by atoms with Gasteiger partial charge in [-0.05, 0) is 56.2 Å². The number of rotatable bonds is 5. The highest BCUT2D eigenvalue weighted by Crippen LogP contribution is 2.23. The second-order valence-corrected chi connectivity index (χ2v) is 6.38. The van der Waals surface area contributed by atoms with Crippen molar-refractivity contribution in [3.8, 4) is 11.3 Å². The van der Waals surface area contributed by atoms with Gasteiger partial charge in [0, 0.05) is 17.2 Å². The minimum Gasteiger partial charge on any atom is -0.459 e. The highest BCUT2D eigenvalue weighted by molar-refractivity contribution is 6.30. The molecule has 0 unspecified atom stereocenters. The molecule has 1 aliphatic heterocycles. The number of amides is 2. The molecule has 0 aliphatic carbocycles. The molecule has 1 saturated heterocycles. The van der Waals surface area contributed by atoms with Crippen molar-refractivity contribution >= 4 is 17.6 Å². The molecule has 0 bridgehead atoms. The maximum atomic E-state index is 12.0. The molecule has 128 valence electrons. The van der Waals surface area contributed by atoms with Gasteiger partial charge in [0.25, 0.3) is 0 Å². The standard InChI is InChI=1S/C18H21ClN2O3/c1-12(16-3-2-10-23-16)21-18(22)20-11-15-8-9-17(24-15)13-4-6-14(19)7-5-13/h4-9,12,16H,2-3,10-11H2,1H3,(H2,20,21,22)/t12-,16-/m1/s1.